The minimum Gasteiger partial charge on any atom is -0.337 e. The third kappa shape index (κ3) is 1.48. The van der Waals surface area contributed by atoms with E-state index < -0.39 is 0 Å². The molecule has 10 heavy (non-hydrogen) atoms. The molecule has 0 atom stereocenters. The summed E-state index contributed by atoms with van der Waals surface area (Å²) in [4.78, 5) is 0. The van der Waals surface area contributed by atoms with Gasteiger partial charge >= 0.3 is 0 Å². The summed E-state index contributed by atoms with van der Waals surface area (Å²) in [5.41, 5.74) is 0. The highest BCUT2D eigenvalue weighted by molar-refractivity contribution is 5.29. The monoisotopic (exact) mass is 141 g/mol. The Balaban J connectivity index is 2.50. The zero-order chi connectivity index (χ0) is 7.40. The highest BCUT2D eigenvalue weighted by Crippen LogP contribution is 2.07. The molecule has 4 nitrogen and oxygen atoms in total. The molecule has 0 radical (unpaired) electrons. The molecule has 0 spiro atoms. The van der Waals surface area contributed by atoms with Crippen LogP contribution in [-0.4, -0.2) is 11.7 Å². The van der Waals surface area contributed by atoms with Gasteiger partial charge in [-0.05, 0) is 6.42 Å². The molecule has 0 aromatic carbocycles. The first kappa shape index (κ1) is 7.08. The van der Waals surface area contributed by atoms with Crippen molar-refractivity contribution >= 4 is 5.88 Å². The van der Waals surface area contributed by atoms with E-state index in [1.54, 1.807) is 12.3 Å². The first-order valence-electron chi connectivity index (χ1n) is 3.27. The molecule has 1 aromatic heterocycles. The summed E-state index contributed by atoms with van der Waals surface area (Å²) in [6.45, 7) is 2.84. The van der Waals surface area contributed by atoms with Crippen LogP contribution < -0.4 is 10.9 Å². The maximum Gasteiger partial charge on any atom is 0.241 e. The Hall–Kier alpha value is -1.03. The molecule has 0 saturated heterocycles. The van der Waals surface area contributed by atoms with Gasteiger partial charge in [-0.1, -0.05) is 12.1 Å². The SMILES string of the molecule is CCCN(N)c1ccno1. The lowest BCUT2D eigenvalue weighted by Gasteiger charge is -2.11. The van der Waals surface area contributed by atoms with Crippen molar-refractivity contribution in [2.24, 2.45) is 5.84 Å². The standard InChI is InChI=1S/C6H11N3O/c1-2-5-9(7)6-3-4-8-10-6/h3-4H,2,5,7H2,1H3. The Bertz CT molecular complexity index is 173. The molecular formula is C6H11N3O. The van der Waals surface area contributed by atoms with Gasteiger partial charge in [0.1, 0.15) is 0 Å². The highest BCUT2D eigenvalue weighted by atomic mass is 16.5. The van der Waals surface area contributed by atoms with E-state index in [1.807, 2.05) is 0 Å². The van der Waals surface area contributed by atoms with Gasteiger partial charge in [0.05, 0.1) is 6.20 Å². The second kappa shape index (κ2) is 3.22. The zero-order valence-corrected chi connectivity index (χ0v) is 5.95. The summed E-state index contributed by atoms with van der Waals surface area (Å²) < 4.78 is 4.80. The lowest BCUT2D eigenvalue weighted by atomic mass is 10.4. The number of rotatable bonds is 3. The van der Waals surface area contributed by atoms with E-state index in [2.05, 4.69) is 12.1 Å². The normalized spacial score (nSPS) is 9.80. The van der Waals surface area contributed by atoms with Crippen LogP contribution in [0.4, 0.5) is 5.88 Å². The van der Waals surface area contributed by atoms with Crippen LogP contribution in [0.3, 0.4) is 0 Å². The average molecular weight is 141 g/mol. The van der Waals surface area contributed by atoms with Gasteiger partial charge in [0.2, 0.25) is 5.88 Å². The summed E-state index contributed by atoms with van der Waals surface area (Å²) in [5.74, 6) is 6.16. The van der Waals surface area contributed by atoms with E-state index >= 15 is 0 Å². The maximum atomic E-state index is 5.55. The van der Waals surface area contributed by atoms with Crippen LogP contribution >= 0.6 is 0 Å². The van der Waals surface area contributed by atoms with E-state index in [4.69, 9.17) is 10.4 Å². The topological polar surface area (TPSA) is 55.3 Å². The number of aromatic nitrogens is 1. The number of hydrogen-bond donors (Lipinski definition) is 1. The van der Waals surface area contributed by atoms with Crippen molar-refractivity contribution in [1.29, 1.82) is 0 Å². The van der Waals surface area contributed by atoms with Crippen molar-refractivity contribution < 1.29 is 4.52 Å². The molecule has 0 bridgehead atoms. The van der Waals surface area contributed by atoms with Crippen molar-refractivity contribution in [3.63, 3.8) is 0 Å². The van der Waals surface area contributed by atoms with Gasteiger partial charge in [-0.3, -0.25) is 5.01 Å². The van der Waals surface area contributed by atoms with Crippen molar-refractivity contribution in [2.45, 2.75) is 13.3 Å². The van der Waals surface area contributed by atoms with Crippen molar-refractivity contribution in [3.8, 4) is 0 Å². The third-order valence-corrected chi connectivity index (χ3v) is 1.17. The molecule has 0 fully saturated rings. The molecule has 0 aliphatic heterocycles. The van der Waals surface area contributed by atoms with Crippen LogP contribution in [0, 0.1) is 0 Å². The quantitative estimate of drug-likeness (QED) is 0.499. The molecular weight excluding hydrogens is 130 g/mol. The molecule has 1 aromatic rings. The van der Waals surface area contributed by atoms with Crippen LogP contribution in [0.1, 0.15) is 13.3 Å². The summed E-state index contributed by atoms with van der Waals surface area (Å²) in [6, 6.07) is 1.73. The fourth-order valence-corrected chi connectivity index (χ4v) is 0.708. The molecule has 0 aliphatic rings. The van der Waals surface area contributed by atoms with Gasteiger partial charge in [0, 0.05) is 12.6 Å². The Labute approximate surface area is 59.6 Å². The number of nitrogens with zero attached hydrogens (tertiary/aromatic N) is 2. The predicted octanol–water partition coefficient (Wildman–Crippen LogP) is 0.765. The van der Waals surface area contributed by atoms with Crippen LogP contribution in [-0.2, 0) is 0 Å². The fourth-order valence-electron chi connectivity index (χ4n) is 0.708. The van der Waals surface area contributed by atoms with Gasteiger partial charge in [0.15, 0.2) is 0 Å². The van der Waals surface area contributed by atoms with Crippen LogP contribution in [0.15, 0.2) is 16.8 Å². The second-order valence-corrected chi connectivity index (χ2v) is 2.04. The smallest absolute Gasteiger partial charge is 0.241 e. The molecule has 4 heteroatoms. The molecule has 1 heterocycles. The van der Waals surface area contributed by atoms with E-state index in [1.165, 1.54) is 5.01 Å². The maximum absolute atomic E-state index is 5.55. The first-order chi connectivity index (χ1) is 4.84. The Morgan fingerprint density at radius 3 is 3.10 bits per heavy atom. The summed E-state index contributed by atoms with van der Waals surface area (Å²) in [7, 11) is 0. The molecule has 2 N–H and O–H groups in total. The Kier molecular flexibility index (Phi) is 2.28. The first-order valence-corrected chi connectivity index (χ1v) is 3.27. The van der Waals surface area contributed by atoms with Crippen LogP contribution in [0.25, 0.3) is 0 Å². The molecule has 0 amide bonds. The van der Waals surface area contributed by atoms with Gasteiger partial charge in [-0.2, -0.15) is 0 Å². The van der Waals surface area contributed by atoms with Gasteiger partial charge in [-0.15, -0.1) is 0 Å². The van der Waals surface area contributed by atoms with Gasteiger partial charge < -0.3 is 4.52 Å². The van der Waals surface area contributed by atoms with Crippen LogP contribution in [0.2, 0.25) is 0 Å². The summed E-state index contributed by atoms with van der Waals surface area (Å²) in [5, 5.41) is 5.06. The van der Waals surface area contributed by atoms with Gasteiger partial charge in [0.25, 0.3) is 0 Å². The number of hydrazine groups is 1. The predicted molar refractivity (Wildman–Crippen MR) is 38.3 cm³/mol. The zero-order valence-electron chi connectivity index (χ0n) is 5.95. The van der Waals surface area contributed by atoms with Crippen LogP contribution in [0.5, 0.6) is 0 Å². The number of nitrogens with two attached hydrogens (primary N) is 1. The number of anilines is 1. The summed E-state index contributed by atoms with van der Waals surface area (Å²) in [6.07, 6.45) is 2.57. The molecule has 0 aliphatic carbocycles. The minimum atomic E-state index is 0.613. The van der Waals surface area contributed by atoms with Crippen molar-refractivity contribution in [3.05, 3.63) is 12.3 Å². The largest absolute Gasteiger partial charge is 0.337 e. The molecule has 56 valence electrons. The highest BCUT2D eigenvalue weighted by Gasteiger charge is 2.01. The Morgan fingerprint density at radius 1 is 1.80 bits per heavy atom. The van der Waals surface area contributed by atoms with Crippen molar-refractivity contribution in [1.82, 2.24) is 5.16 Å². The third-order valence-electron chi connectivity index (χ3n) is 1.17. The van der Waals surface area contributed by atoms with Gasteiger partial charge in [-0.25, -0.2) is 5.84 Å². The number of hydrogen-bond acceptors (Lipinski definition) is 4. The van der Waals surface area contributed by atoms with E-state index in [0.717, 1.165) is 13.0 Å². The lowest BCUT2D eigenvalue weighted by Crippen LogP contribution is -2.30. The van der Waals surface area contributed by atoms with Crippen molar-refractivity contribution in [2.75, 3.05) is 11.6 Å². The van der Waals surface area contributed by atoms with E-state index in [0.29, 0.717) is 5.88 Å². The van der Waals surface area contributed by atoms with E-state index in [-0.39, 0.29) is 0 Å². The minimum absolute atomic E-state index is 0.613. The molecule has 0 unspecified atom stereocenters. The lowest BCUT2D eigenvalue weighted by molar-refractivity contribution is 0.416. The molecule has 1 rings (SSSR count). The van der Waals surface area contributed by atoms with E-state index in [9.17, 15) is 0 Å². The fraction of sp³-hybridized carbons (Fsp3) is 0.500. The molecule has 0 saturated carbocycles. The second-order valence-electron chi connectivity index (χ2n) is 2.04. The average Bonchev–Trinajstić information content (AvgIpc) is 2.38. The summed E-state index contributed by atoms with van der Waals surface area (Å²) >= 11 is 0. The Morgan fingerprint density at radius 2 is 2.60 bits per heavy atom.